The highest BCUT2D eigenvalue weighted by Gasteiger charge is 2.64. The zero-order chi connectivity index (χ0) is 71.9. The first-order valence-corrected chi connectivity index (χ1v) is 39.4. The van der Waals surface area contributed by atoms with Gasteiger partial charge in [0.1, 0.15) is 11.6 Å². The Hall–Kier alpha value is -3.00. The molecular formula is C89H152N4O4. The molecule has 24 aliphatic rings. The number of ketones is 2. The largest absolute Gasteiger partial charge is 0.388 e. The van der Waals surface area contributed by atoms with Crippen LogP contribution in [-0.2, 0) is 19.2 Å². The van der Waals surface area contributed by atoms with Crippen molar-refractivity contribution in [3.63, 3.8) is 0 Å². The molecular weight excluding hydrogens is 1190 g/mol. The Morgan fingerprint density at radius 3 is 1.06 bits per heavy atom. The van der Waals surface area contributed by atoms with Crippen LogP contribution in [0.25, 0.3) is 0 Å². The number of hydrogen-bond acceptors (Lipinski definition) is 6. The maximum atomic E-state index is 12.0. The van der Waals surface area contributed by atoms with Crippen LogP contribution in [0.4, 0.5) is 0 Å². The second-order valence-corrected chi connectivity index (χ2v) is 44.4. The van der Waals surface area contributed by atoms with Crippen LogP contribution in [0, 0.1) is 134 Å². The van der Waals surface area contributed by atoms with Gasteiger partial charge in [0, 0.05) is 60.6 Å². The van der Waals surface area contributed by atoms with Crippen molar-refractivity contribution in [3.8, 4) is 0 Å². The summed E-state index contributed by atoms with van der Waals surface area (Å²) >= 11 is 0. The third-order valence-corrected chi connectivity index (χ3v) is 32.1. The standard InChI is InChI=1S/C12H18O.C12H20.C11H17NO.C11H19N.C11H18O.C11H20.C10H17NO.C10H19N.CH4/c1-8-5-10(13)12(11(2,3)4)6-9(8)7-12;1-9-5-6-12(11(2,3)4)7-10(9)8-12;1-7-8-5-11(6-8,9(13)12-7)10(2,3)4;1-8-9-5-11(6-9,7-12-8)10(2,3)4;1-10(2,3)11-6-8(7-11)4-5-9(11)12;1-10(2,3)11-6-4-5-9(7-11)8-11;1-9(2,3)10-4-7(5-10)6-11-8(10)12;1-9(2,3)10-4-8(5-10)6-11-7-10;/h9H,1,5-7H2,2-4H3;10H,1,5-8H2,2-4H3;8H,1,5-6H2,2-4H3,(H,12,13);9,12H,1,5-7H2,2-4H3;8H,4-7H2,1-3H3;9H,4-8H2,1-3H3;7H,4-6H2,1-3H3,(H,11,12);8,11H,4-7H2,1-3H3;1H4. The third kappa shape index (κ3) is 14.2. The predicted molar refractivity (Wildman–Crippen MR) is 409 cm³/mol. The summed E-state index contributed by atoms with van der Waals surface area (Å²) in [4.78, 5) is 47.3. The fourth-order valence-corrected chi connectivity index (χ4v) is 22.4. The van der Waals surface area contributed by atoms with Gasteiger partial charge in [-0.3, -0.25) is 19.2 Å². The van der Waals surface area contributed by atoms with Crippen molar-refractivity contribution in [2.45, 2.75) is 328 Å². The molecule has 8 nitrogen and oxygen atoms in total. The monoisotopic (exact) mass is 1340 g/mol. The van der Waals surface area contributed by atoms with Crippen LogP contribution in [0.2, 0.25) is 0 Å². The third-order valence-electron chi connectivity index (χ3n) is 32.1. The van der Waals surface area contributed by atoms with Gasteiger partial charge in [0.25, 0.3) is 0 Å². The summed E-state index contributed by atoms with van der Waals surface area (Å²) in [6, 6.07) is 0. The van der Waals surface area contributed by atoms with Gasteiger partial charge in [-0.15, -0.1) is 0 Å². The Kier molecular flexibility index (Phi) is 21.6. The molecule has 0 atom stereocenters. The fraction of sp³-hybridized carbons (Fsp3) is 0.865. The average molecular weight is 1340 g/mol. The lowest BCUT2D eigenvalue weighted by molar-refractivity contribution is -0.161. The van der Waals surface area contributed by atoms with Gasteiger partial charge >= 0.3 is 0 Å². The van der Waals surface area contributed by atoms with Crippen LogP contribution in [-0.4, -0.2) is 49.6 Å². The second kappa shape index (κ2) is 26.3. The van der Waals surface area contributed by atoms with Gasteiger partial charge in [0.2, 0.25) is 11.8 Å². The van der Waals surface area contributed by atoms with Gasteiger partial charge in [-0.1, -0.05) is 224 Å². The summed E-state index contributed by atoms with van der Waals surface area (Å²) in [7, 11) is 0. The van der Waals surface area contributed by atoms with Crippen molar-refractivity contribution in [3.05, 3.63) is 48.9 Å². The van der Waals surface area contributed by atoms with Gasteiger partial charge in [0.15, 0.2) is 0 Å². The van der Waals surface area contributed by atoms with Gasteiger partial charge in [-0.25, -0.2) is 0 Å². The van der Waals surface area contributed by atoms with E-state index in [1.54, 1.807) is 0 Å². The molecule has 0 aromatic carbocycles. The first kappa shape index (κ1) is 79.7. The summed E-state index contributed by atoms with van der Waals surface area (Å²) in [5, 5.41) is 12.8. The first-order valence-electron chi connectivity index (χ1n) is 39.4. The van der Waals surface area contributed by atoms with Crippen molar-refractivity contribution < 1.29 is 19.2 Å². The molecule has 552 valence electrons. The summed E-state index contributed by atoms with van der Waals surface area (Å²) < 4.78 is 0. The van der Waals surface area contributed by atoms with E-state index in [9.17, 15) is 19.2 Å². The maximum absolute atomic E-state index is 12.0. The first-order chi connectivity index (χ1) is 43.6. The minimum atomic E-state index is -0.112. The molecule has 16 aliphatic carbocycles. The van der Waals surface area contributed by atoms with Crippen LogP contribution in [0.5, 0.6) is 0 Å². The van der Waals surface area contributed by atoms with Crippen LogP contribution in [0.1, 0.15) is 328 Å². The maximum Gasteiger partial charge on any atom is 0.230 e. The summed E-state index contributed by atoms with van der Waals surface area (Å²) in [5.41, 5.74) is 10.1. The lowest BCUT2D eigenvalue weighted by Gasteiger charge is -2.60. The molecule has 4 N–H and O–H groups in total. The molecule has 8 heterocycles. The van der Waals surface area contributed by atoms with Crippen molar-refractivity contribution >= 4 is 23.4 Å². The Labute approximate surface area is 597 Å². The number of carbonyl (C=O) groups is 4. The highest BCUT2D eigenvalue weighted by Crippen LogP contribution is 2.68. The number of piperidine rings is 8. The SMILES string of the molecule is C.C=C1CC(=O)C2(C(C)(C)C)CC1C2.C=C1CCC2(C(C)(C)C)CC1C2.C=C1NC(=O)C2(C(C)(C)C)CC1C2.C=C1NCC2(C(C)(C)C)CC1C2.CC(C)(C)C12CC(CCC1=O)C2.CC(C)(C)C12CC(CNC1=O)C2.CC(C)(C)C12CCCC(C1)C2.CC(C)(C)C12CNCC(C1)C2. The quantitative estimate of drug-likeness (QED) is 0.180. The van der Waals surface area contributed by atoms with Crippen molar-refractivity contribution in [2.24, 2.45) is 134 Å². The van der Waals surface area contributed by atoms with E-state index in [0.29, 0.717) is 67.7 Å². The molecule has 0 aromatic rings. The second-order valence-electron chi connectivity index (χ2n) is 44.4. The van der Waals surface area contributed by atoms with E-state index in [1.807, 2.05) is 0 Å². The van der Waals surface area contributed by atoms with Crippen molar-refractivity contribution in [2.75, 3.05) is 26.2 Å². The van der Waals surface area contributed by atoms with Crippen molar-refractivity contribution in [1.29, 1.82) is 0 Å². The smallest absolute Gasteiger partial charge is 0.230 e. The number of allylic oxidation sites excluding steroid dienone is 4. The molecule has 0 aromatic heterocycles. The number of Topliss-reactive ketones (excluding diaryl/α,β-unsaturated/α-hetero) is 2. The van der Waals surface area contributed by atoms with Gasteiger partial charge in [-0.2, -0.15) is 0 Å². The zero-order valence-electron chi connectivity index (χ0n) is 66.9. The molecule has 0 unspecified atom stereocenters. The van der Waals surface area contributed by atoms with E-state index in [0.717, 1.165) is 111 Å². The lowest BCUT2D eigenvalue weighted by atomic mass is 9.44. The number of nitrogens with one attached hydrogen (secondary N) is 4. The number of rotatable bonds is 0. The predicted octanol–water partition coefficient (Wildman–Crippen LogP) is 22.0. The van der Waals surface area contributed by atoms with Crippen LogP contribution < -0.4 is 21.3 Å². The Morgan fingerprint density at radius 2 is 0.732 bits per heavy atom. The van der Waals surface area contributed by atoms with Gasteiger partial charge < -0.3 is 21.3 Å². The molecule has 16 bridgehead atoms. The number of fused-ring (bicyclic) bond motifs is 16. The van der Waals surface area contributed by atoms with E-state index < -0.39 is 0 Å². The van der Waals surface area contributed by atoms with Gasteiger partial charge in [-0.05, 0) is 241 Å². The molecule has 16 saturated carbocycles. The lowest BCUT2D eigenvalue weighted by Crippen LogP contribution is -2.63. The van der Waals surface area contributed by atoms with E-state index in [-0.39, 0.29) is 62.6 Å². The normalized spacial score (nSPS) is 40.2. The zero-order valence-corrected chi connectivity index (χ0v) is 66.9. The number of hydrogen-bond donors (Lipinski definition) is 4. The highest BCUT2D eigenvalue weighted by molar-refractivity contribution is 5.91. The molecule has 8 heteroatoms. The van der Waals surface area contributed by atoms with Gasteiger partial charge in [0.05, 0.1) is 10.8 Å². The Morgan fingerprint density at radius 1 is 0.340 bits per heavy atom. The van der Waals surface area contributed by atoms with E-state index >= 15 is 0 Å². The minimum absolute atomic E-state index is 0. The molecule has 24 rings (SSSR count). The van der Waals surface area contributed by atoms with E-state index in [1.165, 1.54) is 126 Å². The Balaban J connectivity index is 0.000000141. The molecule has 8 aliphatic heterocycles. The highest BCUT2D eigenvalue weighted by atomic mass is 16.2. The molecule has 0 radical (unpaired) electrons. The van der Waals surface area contributed by atoms with Crippen molar-refractivity contribution in [1.82, 2.24) is 21.3 Å². The Bertz CT molecular complexity index is 2710. The molecule has 8 saturated heterocycles. The van der Waals surface area contributed by atoms with E-state index in [2.05, 4.69) is 214 Å². The molecule has 0 spiro atoms. The summed E-state index contributed by atoms with van der Waals surface area (Å²) in [6.45, 7) is 75.5. The number of amides is 2. The fourth-order valence-electron chi connectivity index (χ4n) is 22.4. The number of carbonyl (C=O) groups excluding carboxylic acids is 4. The van der Waals surface area contributed by atoms with Crippen LogP contribution in [0.3, 0.4) is 0 Å². The van der Waals surface area contributed by atoms with Crippen LogP contribution >= 0.6 is 0 Å². The topological polar surface area (TPSA) is 116 Å². The average Bonchev–Trinajstić information content (AvgIpc) is 0.772. The van der Waals surface area contributed by atoms with E-state index in [4.69, 9.17) is 0 Å². The summed E-state index contributed by atoms with van der Waals surface area (Å²) in [6.07, 6.45) is 30.2. The minimum Gasteiger partial charge on any atom is -0.388 e. The molecule has 97 heavy (non-hydrogen) atoms. The summed E-state index contributed by atoms with van der Waals surface area (Å²) in [5.74, 6) is 8.06. The molecule has 24 fully saturated rings. The van der Waals surface area contributed by atoms with Crippen LogP contribution in [0.15, 0.2) is 48.9 Å². The molecule has 2 amide bonds.